The average molecular weight is 700 g/mol. The Morgan fingerprint density at radius 3 is 1.44 bits per heavy atom. The Bertz CT molecular complexity index is 3350. The van der Waals surface area contributed by atoms with E-state index < -0.39 is 0 Å². The van der Waals surface area contributed by atoms with Crippen LogP contribution in [0.3, 0.4) is 0 Å². The van der Waals surface area contributed by atoms with Gasteiger partial charge in [0.05, 0.1) is 61.7 Å². The molecule has 0 aliphatic rings. The fraction of sp³-hybridized carbons (Fsp3) is 0. The number of para-hydroxylation sites is 4. The average Bonchev–Trinajstić information content (AvgIpc) is 3.89. The summed E-state index contributed by atoms with van der Waals surface area (Å²) in [5.74, 6) is 0. The van der Waals surface area contributed by atoms with Gasteiger partial charge in [0.1, 0.15) is 6.07 Å². The summed E-state index contributed by atoms with van der Waals surface area (Å²) in [5, 5.41) is 27.8. The van der Waals surface area contributed by atoms with E-state index in [2.05, 4.69) is 165 Å². The van der Waals surface area contributed by atoms with Crippen LogP contribution < -0.4 is 0 Å². The van der Waals surface area contributed by atoms with Crippen molar-refractivity contribution in [1.29, 1.82) is 10.5 Å². The van der Waals surface area contributed by atoms with E-state index in [9.17, 15) is 10.5 Å². The van der Waals surface area contributed by atoms with Gasteiger partial charge in [-0.3, -0.25) is 0 Å². The molecule has 0 N–H and O–H groups in total. The van der Waals surface area contributed by atoms with Crippen molar-refractivity contribution in [3.63, 3.8) is 0 Å². The highest BCUT2D eigenvalue weighted by molar-refractivity contribution is 6.17. The summed E-state index contributed by atoms with van der Waals surface area (Å²) < 4.78 is 6.83. The second kappa shape index (κ2) is 11.8. The van der Waals surface area contributed by atoms with Crippen molar-refractivity contribution >= 4 is 65.4 Å². The molecule has 0 saturated heterocycles. The molecule has 11 rings (SSSR count). The summed E-state index contributed by atoms with van der Waals surface area (Å²) in [5.41, 5.74) is 12.3. The number of nitrogens with zero attached hydrogens (tertiary/aromatic N) is 5. The van der Waals surface area contributed by atoms with Gasteiger partial charge < -0.3 is 13.7 Å². The number of hydrogen-bond acceptors (Lipinski definition) is 2. The fourth-order valence-electron chi connectivity index (χ4n) is 8.82. The summed E-state index contributed by atoms with van der Waals surface area (Å²) >= 11 is 0. The van der Waals surface area contributed by atoms with Crippen molar-refractivity contribution in [3.05, 3.63) is 187 Å². The lowest BCUT2D eigenvalue weighted by atomic mass is 9.98. The van der Waals surface area contributed by atoms with Gasteiger partial charge >= 0.3 is 0 Å². The summed E-state index contributed by atoms with van der Waals surface area (Å²) in [6.45, 7) is 0. The molecule has 3 heterocycles. The molecule has 0 amide bonds. The van der Waals surface area contributed by atoms with Crippen molar-refractivity contribution in [3.8, 4) is 40.3 Å². The molecule has 0 aliphatic carbocycles. The molecule has 0 aliphatic heterocycles. The highest BCUT2D eigenvalue weighted by Crippen LogP contribution is 2.42. The summed E-state index contributed by atoms with van der Waals surface area (Å²) in [4.78, 5) is 0. The van der Waals surface area contributed by atoms with Gasteiger partial charge in [-0.1, -0.05) is 103 Å². The molecule has 254 valence electrons. The van der Waals surface area contributed by atoms with Crippen LogP contribution >= 0.6 is 0 Å². The zero-order valence-electron chi connectivity index (χ0n) is 29.5. The molecule has 0 atom stereocenters. The fourth-order valence-corrected chi connectivity index (χ4v) is 8.82. The molecule has 5 nitrogen and oxygen atoms in total. The van der Waals surface area contributed by atoms with E-state index in [0.717, 1.165) is 72.1 Å². The summed E-state index contributed by atoms with van der Waals surface area (Å²) in [6.07, 6.45) is 0. The van der Waals surface area contributed by atoms with Gasteiger partial charge in [-0.25, -0.2) is 0 Å². The Hall–Kier alpha value is -7.86. The van der Waals surface area contributed by atoms with E-state index in [1.54, 1.807) is 0 Å². The standard InChI is InChI=1S/C50H29N5/c51-30-32-23-28-47-40(29-32)50-48(54-44-18-7-3-13-38(44)39-14-4-8-19-45(39)54)21-10-22-49(50)55(47)46-20-9-15-35(41(46)31-52)33-24-26-34(27-25-33)53-42-16-5-1-11-36(42)37-12-2-6-17-43(37)53/h1-29H. The van der Waals surface area contributed by atoms with E-state index in [0.29, 0.717) is 11.1 Å². The Morgan fingerprint density at radius 2 is 0.855 bits per heavy atom. The monoisotopic (exact) mass is 699 g/mol. The summed E-state index contributed by atoms with van der Waals surface area (Å²) in [7, 11) is 0. The van der Waals surface area contributed by atoms with Crippen LogP contribution in [0.25, 0.3) is 93.6 Å². The van der Waals surface area contributed by atoms with E-state index in [1.165, 1.54) is 21.5 Å². The molecule has 8 aromatic carbocycles. The second-order valence-electron chi connectivity index (χ2n) is 13.9. The van der Waals surface area contributed by atoms with Crippen molar-refractivity contribution < 1.29 is 0 Å². The smallest absolute Gasteiger partial charge is 0.102 e. The SMILES string of the molecule is N#Cc1ccc2c(c1)c1c(-n3c4ccccc4c4ccccc43)cccc1n2-c1cccc(-c2ccc(-n3c4ccccc4c4ccccc43)cc2)c1C#N. The first-order valence-corrected chi connectivity index (χ1v) is 18.3. The maximum absolute atomic E-state index is 11.0. The molecular formula is C50H29N5. The minimum atomic E-state index is 0.581. The maximum Gasteiger partial charge on any atom is 0.102 e. The van der Waals surface area contributed by atoms with E-state index in [1.807, 2.05) is 36.4 Å². The molecule has 55 heavy (non-hydrogen) atoms. The van der Waals surface area contributed by atoms with Gasteiger partial charge in [-0.2, -0.15) is 10.5 Å². The topological polar surface area (TPSA) is 62.4 Å². The highest BCUT2D eigenvalue weighted by atomic mass is 15.0. The molecule has 0 radical (unpaired) electrons. The lowest BCUT2D eigenvalue weighted by molar-refractivity contribution is 1.16. The van der Waals surface area contributed by atoms with E-state index in [4.69, 9.17) is 0 Å². The van der Waals surface area contributed by atoms with Gasteiger partial charge in [-0.05, 0) is 78.4 Å². The van der Waals surface area contributed by atoms with Crippen LogP contribution in [0, 0.1) is 22.7 Å². The Balaban J connectivity index is 1.13. The molecule has 0 unspecified atom stereocenters. The molecule has 0 bridgehead atoms. The largest absolute Gasteiger partial charge is 0.309 e. The zero-order chi connectivity index (χ0) is 36.6. The quantitative estimate of drug-likeness (QED) is 0.184. The third-order valence-electron chi connectivity index (χ3n) is 11.1. The van der Waals surface area contributed by atoms with E-state index >= 15 is 0 Å². The van der Waals surface area contributed by atoms with Gasteiger partial charge in [0.25, 0.3) is 0 Å². The first-order chi connectivity index (χ1) is 27.2. The highest BCUT2D eigenvalue weighted by Gasteiger charge is 2.22. The van der Waals surface area contributed by atoms with Crippen molar-refractivity contribution in [2.75, 3.05) is 0 Å². The van der Waals surface area contributed by atoms with Crippen LogP contribution in [0.15, 0.2) is 176 Å². The molecule has 11 aromatic rings. The van der Waals surface area contributed by atoms with Gasteiger partial charge in [0.15, 0.2) is 0 Å². The van der Waals surface area contributed by atoms with Crippen molar-refractivity contribution in [2.45, 2.75) is 0 Å². The molecule has 5 heteroatoms. The number of nitriles is 2. The lowest BCUT2D eigenvalue weighted by Gasteiger charge is -2.15. The third-order valence-corrected chi connectivity index (χ3v) is 11.1. The van der Waals surface area contributed by atoms with Gasteiger partial charge in [0.2, 0.25) is 0 Å². The Morgan fingerprint density at radius 1 is 0.364 bits per heavy atom. The minimum absolute atomic E-state index is 0.581. The van der Waals surface area contributed by atoms with Crippen molar-refractivity contribution in [1.82, 2.24) is 13.7 Å². The van der Waals surface area contributed by atoms with Crippen LogP contribution in [0.2, 0.25) is 0 Å². The third kappa shape index (κ3) is 4.39. The van der Waals surface area contributed by atoms with Gasteiger partial charge in [-0.15, -0.1) is 0 Å². The zero-order valence-corrected chi connectivity index (χ0v) is 29.5. The molecule has 0 saturated carbocycles. The number of aromatic nitrogens is 3. The number of hydrogen-bond donors (Lipinski definition) is 0. The van der Waals surface area contributed by atoms with Crippen molar-refractivity contribution in [2.24, 2.45) is 0 Å². The molecule has 3 aromatic heterocycles. The van der Waals surface area contributed by atoms with Crippen LogP contribution in [0.1, 0.15) is 11.1 Å². The normalized spacial score (nSPS) is 11.6. The molecule has 0 fully saturated rings. The number of rotatable bonds is 4. The van der Waals surface area contributed by atoms with E-state index in [-0.39, 0.29) is 0 Å². The number of benzene rings is 8. The molecule has 0 spiro atoms. The minimum Gasteiger partial charge on any atom is -0.309 e. The second-order valence-corrected chi connectivity index (χ2v) is 13.9. The Kier molecular flexibility index (Phi) is 6.61. The van der Waals surface area contributed by atoms with Crippen LogP contribution in [0.4, 0.5) is 0 Å². The van der Waals surface area contributed by atoms with Crippen LogP contribution in [0.5, 0.6) is 0 Å². The lowest BCUT2D eigenvalue weighted by Crippen LogP contribution is -2.00. The van der Waals surface area contributed by atoms with Crippen LogP contribution in [-0.4, -0.2) is 13.7 Å². The Labute approximate surface area is 316 Å². The van der Waals surface area contributed by atoms with Crippen LogP contribution in [-0.2, 0) is 0 Å². The summed E-state index contributed by atoms with van der Waals surface area (Å²) in [6, 6.07) is 65.8. The molecular weight excluding hydrogens is 671 g/mol. The first-order valence-electron chi connectivity index (χ1n) is 18.3. The number of fused-ring (bicyclic) bond motifs is 9. The first kappa shape index (κ1) is 30.7. The predicted molar refractivity (Wildman–Crippen MR) is 224 cm³/mol. The van der Waals surface area contributed by atoms with Gasteiger partial charge in [0, 0.05) is 43.6 Å². The maximum atomic E-state index is 11.0. The predicted octanol–water partition coefficient (Wildman–Crippen LogP) is 12.4.